The van der Waals surface area contributed by atoms with Crippen LogP contribution < -0.4 is 5.32 Å². The maximum atomic E-state index is 12.0. The predicted octanol–water partition coefficient (Wildman–Crippen LogP) is 2.29. The van der Waals surface area contributed by atoms with Crippen molar-refractivity contribution >= 4 is 11.9 Å². The summed E-state index contributed by atoms with van der Waals surface area (Å²) in [6.07, 6.45) is -0.108. The number of carbonyl (C=O) groups is 2. The molecule has 0 atom stereocenters. The molecular weight excluding hydrogens is 230 g/mol. The summed E-state index contributed by atoms with van der Waals surface area (Å²) in [6.45, 7) is 7.31. The molecule has 0 heterocycles. The van der Waals surface area contributed by atoms with Gasteiger partial charge in [0.2, 0.25) is 0 Å². The van der Waals surface area contributed by atoms with Crippen LogP contribution in [0.25, 0.3) is 0 Å². The quantitative estimate of drug-likeness (QED) is 0.860. The minimum absolute atomic E-state index is 0.108. The monoisotopic (exact) mass is 249 g/mol. The van der Waals surface area contributed by atoms with Crippen LogP contribution in [0.5, 0.6) is 0 Å². The fraction of sp³-hybridized carbons (Fsp3) is 0.429. The number of hydrogen-bond acceptors (Lipinski definition) is 2. The van der Waals surface area contributed by atoms with Crippen LogP contribution in [0.15, 0.2) is 18.2 Å². The first-order valence-corrected chi connectivity index (χ1v) is 5.83. The van der Waals surface area contributed by atoms with E-state index < -0.39 is 11.5 Å². The average Bonchev–Trinajstić information content (AvgIpc) is 2.19. The van der Waals surface area contributed by atoms with E-state index in [9.17, 15) is 9.59 Å². The molecule has 2 N–H and O–H groups in total. The van der Waals surface area contributed by atoms with E-state index in [0.717, 1.165) is 11.1 Å². The minimum Gasteiger partial charge on any atom is -0.481 e. The number of carboxylic acid groups (broad SMARTS) is 1. The number of nitrogens with one attached hydrogen (secondary N) is 1. The SMILES string of the molecule is Cc1ccc(C(=O)NC(C)(C)CC(=O)O)cc1C. The topological polar surface area (TPSA) is 66.4 Å². The van der Waals surface area contributed by atoms with E-state index in [1.807, 2.05) is 26.0 Å². The number of amides is 1. The Morgan fingerprint density at radius 1 is 1.22 bits per heavy atom. The lowest BCUT2D eigenvalue weighted by Gasteiger charge is -2.24. The summed E-state index contributed by atoms with van der Waals surface area (Å²) in [5, 5.41) is 11.5. The van der Waals surface area contributed by atoms with Gasteiger partial charge in [-0.25, -0.2) is 0 Å². The van der Waals surface area contributed by atoms with E-state index >= 15 is 0 Å². The molecule has 1 aromatic rings. The third-order valence-electron chi connectivity index (χ3n) is 2.81. The molecule has 0 aliphatic carbocycles. The first-order valence-electron chi connectivity index (χ1n) is 5.83. The number of carbonyl (C=O) groups excluding carboxylic acids is 1. The van der Waals surface area contributed by atoms with Crippen LogP contribution in [0, 0.1) is 13.8 Å². The minimum atomic E-state index is -0.930. The summed E-state index contributed by atoms with van der Waals surface area (Å²) in [4.78, 5) is 22.7. The highest BCUT2D eigenvalue weighted by Gasteiger charge is 2.24. The molecule has 0 saturated carbocycles. The van der Waals surface area contributed by atoms with E-state index in [1.54, 1.807) is 19.9 Å². The van der Waals surface area contributed by atoms with Crippen LogP contribution in [0.1, 0.15) is 41.8 Å². The predicted molar refractivity (Wildman–Crippen MR) is 69.7 cm³/mol. The molecule has 1 rings (SSSR count). The number of aryl methyl sites for hydroxylation is 2. The molecule has 0 aliphatic rings. The van der Waals surface area contributed by atoms with Gasteiger partial charge in [-0.2, -0.15) is 0 Å². The Hall–Kier alpha value is -1.84. The molecule has 1 amide bonds. The van der Waals surface area contributed by atoms with Gasteiger partial charge >= 0.3 is 5.97 Å². The number of benzene rings is 1. The van der Waals surface area contributed by atoms with Crippen molar-refractivity contribution in [2.24, 2.45) is 0 Å². The van der Waals surface area contributed by atoms with Crippen LogP contribution >= 0.6 is 0 Å². The Bertz CT molecular complexity index is 478. The summed E-state index contributed by atoms with van der Waals surface area (Å²) >= 11 is 0. The molecule has 0 fully saturated rings. The summed E-state index contributed by atoms with van der Waals surface area (Å²) in [5.74, 6) is -1.18. The van der Waals surface area contributed by atoms with Gasteiger partial charge in [0.05, 0.1) is 6.42 Å². The van der Waals surface area contributed by atoms with Crippen LogP contribution in [0.4, 0.5) is 0 Å². The molecule has 98 valence electrons. The maximum absolute atomic E-state index is 12.0. The fourth-order valence-electron chi connectivity index (χ4n) is 1.68. The molecule has 4 heteroatoms. The molecule has 0 aromatic heterocycles. The fourth-order valence-corrected chi connectivity index (χ4v) is 1.68. The lowest BCUT2D eigenvalue weighted by molar-refractivity contribution is -0.138. The summed E-state index contributed by atoms with van der Waals surface area (Å²) < 4.78 is 0. The highest BCUT2D eigenvalue weighted by molar-refractivity contribution is 5.95. The van der Waals surface area contributed by atoms with E-state index in [4.69, 9.17) is 5.11 Å². The van der Waals surface area contributed by atoms with Gasteiger partial charge in [-0.1, -0.05) is 6.07 Å². The Morgan fingerprint density at radius 3 is 2.33 bits per heavy atom. The van der Waals surface area contributed by atoms with Crippen LogP contribution in [-0.2, 0) is 4.79 Å². The Morgan fingerprint density at radius 2 is 1.83 bits per heavy atom. The van der Waals surface area contributed by atoms with Gasteiger partial charge in [-0.05, 0) is 51.0 Å². The number of rotatable bonds is 4. The van der Waals surface area contributed by atoms with Crippen molar-refractivity contribution in [2.45, 2.75) is 39.7 Å². The lowest BCUT2D eigenvalue weighted by Crippen LogP contribution is -2.44. The number of hydrogen-bond donors (Lipinski definition) is 2. The molecule has 0 radical (unpaired) electrons. The van der Waals surface area contributed by atoms with E-state index in [0.29, 0.717) is 5.56 Å². The summed E-state index contributed by atoms with van der Waals surface area (Å²) in [7, 11) is 0. The molecule has 0 unspecified atom stereocenters. The maximum Gasteiger partial charge on any atom is 0.305 e. The van der Waals surface area contributed by atoms with Crippen molar-refractivity contribution in [3.63, 3.8) is 0 Å². The van der Waals surface area contributed by atoms with Gasteiger partial charge in [0.15, 0.2) is 0 Å². The van der Waals surface area contributed by atoms with Crippen molar-refractivity contribution in [3.05, 3.63) is 34.9 Å². The lowest BCUT2D eigenvalue weighted by atomic mass is 9.99. The summed E-state index contributed by atoms with van der Waals surface area (Å²) in [5.41, 5.74) is 1.95. The van der Waals surface area contributed by atoms with Crippen molar-refractivity contribution in [3.8, 4) is 0 Å². The molecule has 0 saturated heterocycles. The number of aliphatic carboxylic acids is 1. The number of carboxylic acids is 1. The van der Waals surface area contributed by atoms with Gasteiger partial charge in [-0.15, -0.1) is 0 Å². The molecule has 0 bridgehead atoms. The standard InChI is InChI=1S/C14H19NO3/c1-9-5-6-11(7-10(9)2)13(18)15-14(3,4)8-12(16)17/h5-7H,8H2,1-4H3,(H,15,18)(H,16,17). The van der Waals surface area contributed by atoms with Crippen molar-refractivity contribution in [1.82, 2.24) is 5.32 Å². The van der Waals surface area contributed by atoms with Crippen molar-refractivity contribution in [1.29, 1.82) is 0 Å². The Kier molecular flexibility index (Phi) is 4.11. The Labute approximate surface area is 107 Å². The van der Waals surface area contributed by atoms with E-state index in [-0.39, 0.29) is 12.3 Å². The second kappa shape index (κ2) is 5.21. The Balaban J connectivity index is 2.82. The van der Waals surface area contributed by atoms with Gasteiger partial charge in [0.1, 0.15) is 0 Å². The zero-order chi connectivity index (χ0) is 13.9. The first kappa shape index (κ1) is 14.2. The second-order valence-electron chi connectivity index (χ2n) is 5.21. The smallest absolute Gasteiger partial charge is 0.305 e. The first-order chi connectivity index (χ1) is 8.21. The average molecular weight is 249 g/mol. The summed E-state index contributed by atoms with van der Waals surface area (Å²) in [6, 6.07) is 5.43. The third kappa shape index (κ3) is 3.87. The van der Waals surface area contributed by atoms with Crippen LogP contribution in [0.3, 0.4) is 0 Å². The third-order valence-corrected chi connectivity index (χ3v) is 2.81. The van der Waals surface area contributed by atoms with Crippen LogP contribution in [0.2, 0.25) is 0 Å². The largest absolute Gasteiger partial charge is 0.481 e. The molecule has 18 heavy (non-hydrogen) atoms. The van der Waals surface area contributed by atoms with Gasteiger partial charge < -0.3 is 10.4 Å². The highest BCUT2D eigenvalue weighted by atomic mass is 16.4. The van der Waals surface area contributed by atoms with Gasteiger partial charge in [-0.3, -0.25) is 9.59 Å². The second-order valence-corrected chi connectivity index (χ2v) is 5.21. The molecular formula is C14H19NO3. The molecule has 1 aromatic carbocycles. The zero-order valence-corrected chi connectivity index (χ0v) is 11.2. The van der Waals surface area contributed by atoms with Crippen LogP contribution in [-0.4, -0.2) is 22.5 Å². The van der Waals surface area contributed by atoms with Gasteiger partial charge in [0.25, 0.3) is 5.91 Å². The van der Waals surface area contributed by atoms with E-state index in [1.165, 1.54) is 0 Å². The van der Waals surface area contributed by atoms with Gasteiger partial charge in [0, 0.05) is 11.1 Å². The highest BCUT2D eigenvalue weighted by Crippen LogP contribution is 2.13. The molecule has 0 spiro atoms. The van der Waals surface area contributed by atoms with E-state index in [2.05, 4.69) is 5.32 Å². The molecule has 0 aliphatic heterocycles. The zero-order valence-electron chi connectivity index (χ0n) is 11.2. The molecule has 4 nitrogen and oxygen atoms in total. The normalized spacial score (nSPS) is 11.1. The van der Waals surface area contributed by atoms with Crippen molar-refractivity contribution in [2.75, 3.05) is 0 Å². The van der Waals surface area contributed by atoms with Crippen molar-refractivity contribution < 1.29 is 14.7 Å².